The summed E-state index contributed by atoms with van der Waals surface area (Å²) in [4.78, 5) is 9.15. The SMILES string of the molecule is CC(C)(C)OC(=O)COc1ccc([PH+](c2ccccc2)c2ccccc2)cc1.O=S(=O)(O)c1c(C(F)(F)F)cc(C(F)(F)F)cc1C(F)(F)F. The summed E-state index contributed by atoms with van der Waals surface area (Å²) in [5, 5.41) is 3.94. The lowest BCUT2D eigenvalue weighted by Gasteiger charge is -2.19. The van der Waals surface area contributed by atoms with Crippen LogP contribution in [0.5, 0.6) is 5.75 Å². The Balaban J connectivity index is 0.000000279. The van der Waals surface area contributed by atoms with E-state index >= 15 is 0 Å². The fraction of sp³-hybridized carbons (Fsp3) is 0.242. The highest BCUT2D eigenvalue weighted by molar-refractivity contribution is 7.86. The van der Waals surface area contributed by atoms with Crippen molar-refractivity contribution in [3.8, 4) is 5.75 Å². The van der Waals surface area contributed by atoms with Gasteiger partial charge in [-0.2, -0.15) is 47.9 Å². The molecule has 0 spiro atoms. The molecule has 0 aliphatic rings. The molecule has 270 valence electrons. The van der Waals surface area contributed by atoms with E-state index in [1.807, 2.05) is 45.0 Å². The smallest absolute Gasteiger partial charge is 0.417 e. The maximum Gasteiger partial charge on any atom is 0.417 e. The first-order chi connectivity index (χ1) is 22.9. The molecule has 50 heavy (non-hydrogen) atoms. The summed E-state index contributed by atoms with van der Waals surface area (Å²) in [6.45, 7) is 5.44. The Labute approximate surface area is 282 Å². The van der Waals surface area contributed by atoms with E-state index in [1.54, 1.807) is 0 Å². The third-order valence-electron chi connectivity index (χ3n) is 6.33. The molecule has 0 saturated heterocycles. The third-order valence-corrected chi connectivity index (χ3v) is 10.0. The van der Waals surface area contributed by atoms with Gasteiger partial charge in [0, 0.05) is 0 Å². The van der Waals surface area contributed by atoms with Crippen molar-refractivity contribution in [1.82, 2.24) is 0 Å². The number of esters is 1. The Morgan fingerprint density at radius 3 is 1.40 bits per heavy atom. The van der Waals surface area contributed by atoms with Gasteiger partial charge in [-0.1, -0.05) is 36.4 Å². The van der Waals surface area contributed by atoms with Gasteiger partial charge in [-0.15, -0.1) is 0 Å². The molecule has 0 heterocycles. The summed E-state index contributed by atoms with van der Waals surface area (Å²) in [5.74, 6) is 0.298. The van der Waals surface area contributed by atoms with Crippen molar-refractivity contribution in [2.24, 2.45) is 0 Å². The van der Waals surface area contributed by atoms with E-state index in [9.17, 15) is 52.7 Å². The average Bonchev–Trinajstić information content (AvgIpc) is 2.99. The standard InChI is InChI=1S/C24H25O3P.C9H3F9O3S/c1-24(2,3)27-23(25)18-26-19-14-16-22(17-15-19)28(20-10-6-4-7-11-20)21-12-8-5-9-13-21;10-7(11,12)3-1-4(8(13,14)15)6(22(19,20)21)5(2-3)9(16,17)18/h4-17H,18H2,1-3H3;1-2H,(H,19,20,21)/p+1. The van der Waals surface area contributed by atoms with Crippen molar-refractivity contribution < 1.29 is 66.8 Å². The highest BCUT2D eigenvalue weighted by Crippen LogP contribution is 2.45. The van der Waals surface area contributed by atoms with E-state index in [0.717, 1.165) is 0 Å². The van der Waals surface area contributed by atoms with Crippen LogP contribution < -0.4 is 20.7 Å². The number of alkyl halides is 9. The van der Waals surface area contributed by atoms with E-state index in [0.29, 0.717) is 5.75 Å². The van der Waals surface area contributed by atoms with Crippen LogP contribution in [0.4, 0.5) is 39.5 Å². The molecule has 0 fully saturated rings. The Bertz CT molecular complexity index is 1780. The molecule has 4 aromatic carbocycles. The number of carbonyl (C=O) groups excluding carboxylic acids is 1. The van der Waals surface area contributed by atoms with Crippen LogP contribution >= 0.6 is 7.92 Å². The number of benzene rings is 4. The zero-order valence-corrected chi connectivity index (χ0v) is 28.1. The van der Waals surface area contributed by atoms with Crippen LogP contribution in [0.25, 0.3) is 0 Å². The molecule has 0 aromatic heterocycles. The summed E-state index contributed by atoms with van der Waals surface area (Å²) < 4.78 is 154. The largest absolute Gasteiger partial charge is 0.482 e. The van der Waals surface area contributed by atoms with Crippen molar-refractivity contribution in [2.45, 2.75) is 49.8 Å². The van der Waals surface area contributed by atoms with Gasteiger partial charge in [0.1, 0.15) is 32.2 Å². The molecule has 4 aromatic rings. The Morgan fingerprint density at radius 2 is 1.06 bits per heavy atom. The topological polar surface area (TPSA) is 89.9 Å². The number of hydrogen-bond donors (Lipinski definition) is 1. The minimum atomic E-state index is -6.10. The van der Waals surface area contributed by atoms with Crippen molar-refractivity contribution in [3.05, 3.63) is 114 Å². The van der Waals surface area contributed by atoms with Crippen molar-refractivity contribution in [3.63, 3.8) is 0 Å². The first-order valence-electron chi connectivity index (χ1n) is 14.2. The first kappa shape index (κ1) is 40.3. The summed E-state index contributed by atoms with van der Waals surface area (Å²) in [6, 6.07) is 27.6. The fourth-order valence-corrected chi connectivity index (χ4v) is 7.89. The summed E-state index contributed by atoms with van der Waals surface area (Å²) in [7, 11) is -7.20. The Kier molecular flexibility index (Phi) is 12.4. The van der Waals surface area contributed by atoms with E-state index in [1.165, 1.54) is 15.9 Å². The highest BCUT2D eigenvalue weighted by Gasteiger charge is 2.47. The van der Waals surface area contributed by atoms with Crippen LogP contribution in [0.2, 0.25) is 0 Å². The summed E-state index contributed by atoms with van der Waals surface area (Å²) >= 11 is 0. The predicted octanol–water partition coefficient (Wildman–Crippen LogP) is 7.89. The van der Waals surface area contributed by atoms with Gasteiger partial charge in [-0.25, -0.2) is 4.79 Å². The van der Waals surface area contributed by atoms with Crippen molar-refractivity contribution >= 4 is 39.9 Å². The average molecular weight is 756 g/mol. The number of rotatable bonds is 7. The van der Waals surface area contributed by atoms with Crippen LogP contribution in [0.1, 0.15) is 37.5 Å². The second-order valence-electron chi connectivity index (χ2n) is 11.4. The Morgan fingerprint density at radius 1 is 0.660 bits per heavy atom. The normalized spacial score (nSPS) is 12.6. The van der Waals surface area contributed by atoms with Crippen LogP contribution in [-0.2, 0) is 38.2 Å². The van der Waals surface area contributed by atoms with Gasteiger partial charge < -0.3 is 9.47 Å². The summed E-state index contributed by atoms with van der Waals surface area (Å²) in [6.07, 6.45) is -17.4. The molecule has 6 nitrogen and oxygen atoms in total. The van der Waals surface area contributed by atoms with Gasteiger partial charge >= 0.3 is 24.5 Å². The molecule has 0 radical (unpaired) electrons. The van der Waals surface area contributed by atoms with Gasteiger partial charge in [0.25, 0.3) is 10.1 Å². The molecule has 0 bridgehead atoms. The van der Waals surface area contributed by atoms with Gasteiger partial charge in [0.15, 0.2) is 6.61 Å². The molecule has 0 saturated carbocycles. The second-order valence-corrected chi connectivity index (χ2v) is 15.2. The minimum Gasteiger partial charge on any atom is -0.482 e. The van der Waals surface area contributed by atoms with Crippen molar-refractivity contribution in [1.29, 1.82) is 0 Å². The summed E-state index contributed by atoms with van der Waals surface area (Å²) in [5.41, 5.74) is -8.40. The van der Waals surface area contributed by atoms with E-state index in [4.69, 9.17) is 14.0 Å². The van der Waals surface area contributed by atoms with Gasteiger partial charge in [-0.05, 0) is 81.4 Å². The molecule has 1 N–H and O–H groups in total. The molecule has 0 unspecified atom stereocenters. The second kappa shape index (κ2) is 15.4. The zero-order chi connectivity index (χ0) is 37.7. The van der Waals surface area contributed by atoms with E-state index in [-0.39, 0.29) is 12.6 Å². The molecule has 0 aliphatic carbocycles. The first-order valence-corrected chi connectivity index (χ1v) is 17.1. The lowest BCUT2D eigenvalue weighted by Crippen LogP contribution is -2.27. The van der Waals surface area contributed by atoms with Gasteiger partial charge in [0.2, 0.25) is 0 Å². The lowest BCUT2D eigenvalue weighted by molar-refractivity contribution is -0.157. The van der Waals surface area contributed by atoms with Crippen LogP contribution in [0.15, 0.2) is 102 Å². The molecule has 0 atom stereocenters. The van der Waals surface area contributed by atoms with Crippen molar-refractivity contribution in [2.75, 3.05) is 6.61 Å². The monoisotopic (exact) mass is 755 g/mol. The van der Waals surface area contributed by atoms with Gasteiger partial charge in [-0.3, -0.25) is 4.55 Å². The molecule has 0 amide bonds. The van der Waals surface area contributed by atoms with Crippen LogP contribution in [0.3, 0.4) is 0 Å². The minimum absolute atomic E-state index is 0.0915. The third kappa shape index (κ3) is 11.5. The van der Waals surface area contributed by atoms with E-state index in [2.05, 4.69) is 60.7 Å². The maximum absolute atomic E-state index is 12.6. The number of hydrogen-bond acceptors (Lipinski definition) is 5. The number of halogens is 9. The molecule has 0 aliphatic heterocycles. The predicted molar refractivity (Wildman–Crippen MR) is 169 cm³/mol. The number of ether oxygens (including phenoxy) is 2. The molecule has 17 heteroatoms. The molecular weight excluding hydrogens is 726 g/mol. The van der Waals surface area contributed by atoms with Crippen LogP contribution in [-0.4, -0.2) is 31.1 Å². The zero-order valence-electron chi connectivity index (χ0n) is 26.2. The Hall–Kier alpha value is -4.14. The quantitative estimate of drug-likeness (QED) is 0.0894. The number of carbonyl (C=O) groups is 1. The van der Waals surface area contributed by atoms with E-state index < -0.39 is 75.9 Å². The molecule has 4 rings (SSSR count). The molecular formula is C33H29F9O6PS+. The lowest BCUT2D eigenvalue weighted by atomic mass is 10.0. The van der Waals surface area contributed by atoms with Gasteiger partial charge in [0.05, 0.1) is 24.6 Å². The van der Waals surface area contributed by atoms with Crippen LogP contribution in [0, 0.1) is 0 Å². The maximum atomic E-state index is 12.6. The highest BCUT2D eigenvalue weighted by atomic mass is 32.2. The fourth-order valence-electron chi connectivity index (χ4n) is 4.43.